The first kappa shape index (κ1) is 11.0. The molecule has 0 heterocycles. The number of halogens is 2. The van der Waals surface area contributed by atoms with E-state index in [9.17, 15) is 0 Å². The molecule has 0 aliphatic heterocycles. The van der Waals surface area contributed by atoms with Crippen molar-refractivity contribution in [3.63, 3.8) is 0 Å². The molecule has 1 aromatic rings. The van der Waals surface area contributed by atoms with Crippen molar-refractivity contribution in [3.05, 3.63) is 46.0 Å². The summed E-state index contributed by atoms with van der Waals surface area (Å²) in [6, 6.07) is 6.22. The molecule has 1 unspecified atom stereocenters. The van der Waals surface area contributed by atoms with E-state index in [1.807, 2.05) is 13.0 Å². The third-order valence-corrected chi connectivity index (χ3v) is 3.58. The smallest absolute Gasteiger partial charge is 0.0521 e. The van der Waals surface area contributed by atoms with Crippen LogP contribution in [0.5, 0.6) is 0 Å². The van der Waals surface area contributed by atoms with E-state index < -0.39 is 0 Å². The first-order valence-electron chi connectivity index (χ1n) is 5.24. The molecule has 1 aromatic carbocycles. The average Bonchev–Trinajstić information content (AvgIpc) is 2.58. The monoisotopic (exact) mass is 240 g/mol. The van der Waals surface area contributed by atoms with Gasteiger partial charge in [0.2, 0.25) is 0 Å². The normalized spacial score (nSPS) is 20.5. The third kappa shape index (κ3) is 2.76. The van der Waals surface area contributed by atoms with Crippen LogP contribution in [-0.2, 0) is 6.42 Å². The van der Waals surface area contributed by atoms with E-state index in [4.69, 9.17) is 23.2 Å². The zero-order valence-electron chi connectivity index (χ0n) is 8.76. The molecule has 0 aromatic heterocycles. The Labute approximate surface area is 101 Å². The van der Waals surface area contributed by atoms with Crippen LogP contribution in [0.25, 0.3) is 0 Å². The number of alkyl halides is 1. The minimum absolute atomic E-state index is 0.244. The van der Waals surface area contributed by atoms with Crippen LogP contribution >= 0.6 is 23.2 Å². The Hall–Kier alpha value is -0.460. The molecule has 15 heavy (non-hydrogen) atoms. The Kier molecular flexibility index (Phi) is 3.38. The van der Waals surface area contributed by atoms with Gasteiger partial charge in [-0.15, -0.1) is 11.6 Å². The van der Waals surface area contributed by atoms with E-state index in [0.717, 1.165) is 29.8 Å². The maximum atomic E-state index is 6.03. The number of hydrogen-bond acceptors (Lipinski definition) is 0. The van der Waals surface area contributed by atoms with Crippen LogP contribution in [-0.4, -0.2) is 5.38 Å². The standard InChI is InChI=1S/C13H14Cl2/c1-9-6-10(3-5-13(9)15)7-11-2-4-12(14)8-11/h3,5-6,8,12H,2,4,7H2,1H3. The summed E-state index contributed by atoms with van der Waals surface area (Å²) in [4.78, 5) is 0. The molecule has 0 bridgehead atoms. The molecule has 0 fully saturated rings. The lowest BCUT2D eigenvalue weighted by Crippen LogP contribution is -1.89. The predicted molar refractivity (Wildman–Crippen MR) is 66.9 cm³/mol. The van der Waals surface area contributed by atoms with Gasteiger partial charge in [0, 0.05) is 5.02 Å². The summed E-state index contributed by atoms with van der Waals surface area (Å²) in [6.45, 7) is 2.04. The summed E-state index contributed by atoms with van der Waals surface area (Å²) in [5, 5.41) is 1.09. The van der Waals surface area contributed by atoms with Crippen LogP contribution in [0.15, 0.2) is 29.8 Å². The maximum Gasteiger partial charge on any atom is 0.0521 e. The number of allylic oxidation sites excluding steroid dienone is 2. The molecule has 1 aliphatic carbocycles. The molecule has 0 N–H and O–H groups in total. The third-order valence-electron chi connectivity index (χ3n) is 2.81. The minimum Gasteiger partial charge on any atom is -0.118 e. The maximum absolute atomic E-state index is 6.03. The Morgan fingerprint density at radius 3 is 2.80 bits per heavy atom. The zero-order chi connectivity index (χ0) is 10.8. The quantitative estimate of drug-likeness (QED) is 0.527. The fraction of sp³-hybridized carbons (Fsp3) is 0.385. The molecule has 2 heteroatoms. The van der Waals surface area contributed by atoms with E-state index in [0.29, 0.717) is 0 Å². The van der Waals surface area contributed by atoms with Gasteiger partial charge < -0.3 is 0 Å². The average molecular weight is 241 g/mol. The van der Waals surface area contributed by atoms with Crippen molar-refractivity contribution < 1.29 is 0 Å². The van der Waals surface area contributed by atoms with Gasteiger partial charge in [0.15, 0.2) is 0 Å². The highest BCUT2D eigenvalue weighted by Gasteiger charge is 2.13. The van der Waals surface area contributed by atoms with Crippen LogP contribution in [0.1, 0.15) is 24.0 Å². The lowest BCUT2D eigenvalue weighted by Gasteiger charge is -2.04. The van der Waals surface area contributed by atoms with Crippen molar-refractivity contribution >= 4 is 23.2 Å². The topological polar surface area (TPSA) is 0 Å². The second-order valence-electron chi connectivity index (χ2n) is 4.14. The summed E-state index contributed by atoms with van der Waals surface area (Å²) in [7, 11) is 0. The van der Waals surface area contributed by atoms with Gasteiger partial charge in [-0.25, -0.2) is 0 Å². The molecule has 1 aliphatic rings. The predicted octanol–water partition coefficient (Wildman–Crippen LogP) is 4.52. The molecule has 0 radical (unpaired) electrons. The fourth-order valence-electron chi connectivity index (χ4n) is 1.97. The van der Waals surface area contributed by atoms with Gasteiger partial charge in [-0.3, -0.25) is 0 Å². The van der Waals surface area contributed by atoms with Gasteiger partial charge in [0.1, 0.15) is 0 Å². The lowest BCUT2D eigenvalue weighted by atomic mass is 10.0. The second-order valence-corrected chi connectivity index (χ2v) is 5.11. The van der Waals surface area contributed by atoms with Crippen LogP contribution in [0, 0.1) is 6.92 Å². The summed E-state index contributed by atoms with van der Waals surface area (Å²) >= 11 is 12.0. The van der Waals surface area contributed by atoms with E-state index in [1.54, 1.807) is 0 Å². The molecule has 0 spiro atoms. The number of aryl methyl sites for hydroxylation is 1. The van der Waals surface area contributed by atoms with Gasteiger partial charge >= 0.3 is 0 Å². The van der Waals surface area contributed by atoms with E-state index in [2.05, 4.69) is 18.2 Å². The van der Waals surface area contributed by atoms with Gasteiger partial charge in [0.25, 0.3) is 0 Å². The molecule has 0 saturated heterocycles. The number of rotatable bonds is 2. The molecule has 0 saturated carbocycles. The Bertz CT molecular complexity index is 394. The highest BCUT2D eigenvalue weighted by Crippen LogP contribution is 2.26. The molecular weight excluding hydrogens is 227 g/mol. The molecule has 1 atom stereocenters. The Morgan fingerprint density at radius 2 is 2.20 bits per heavy atom. The molecule has 0 nitrogen and oxygen atoms in total. The fourth-order valence-corrected chi connectivity index (χ4v) is 2.38. The number of hydrogen-bond donors (Lipinski definition) is 0. The minimum atomic E-state index is 0.244. The van der Waals surface area contributed by atoms with E-state index in [-0.39, 0.29) is 5.38 Å². The van der Waals surface area contributed by atoms with Gasteiger partial charge in [-0.2, -0.15) is 0 Å². The zero-order valence-corrected chi connectivity index (χ0v) is 10.3. The summed E-state index contributed by atoms with van der Waals surface area (Å²) in [5.41, 5.74) is 3.93. The number of benzene rings is 1. The highest BCUT2D eigenvalue weighted by atomic mass is 35.5. The van der Waals surface area contributed by atoms with E-state index in [1.165, 1.54) is 11.1 Å². The van der Waals surface area contributed by atoms with Crippen molar-refractivity contribution in [2.45, 2.75) is 31.6 Å². The highest BCUT2D eigenvalue weighted by molar-refractivity contribution is 6.31. The molecule has 0 amide bonds. The molecule has 80 valence electrons. The van der Waals surface area contributed by atoms with Gasteiger partial charge in [0.05, 0.1) is 5.38 Å². The largest absolute Gasteiger partial charge is 0.118 e. The Morgan fingerprint density at radius 1 is 1.40 bits per heavy atom. The van der Waals surface area contributed by atoms with Crippen molar-refractivity contribution in [2.75, 3.05) is 0 Å². The van der Waals surface area contributed by atoms with E-state index >= 15 is 0 Å². The van der Waals surface area contributed by atoms with Crippen molar-refractivity contribution in [2.24, 2.45) is 0 Å². The summed E-state index contributed by atoms with van der Waals surface area (Å²) in [6.07, 6.45) is 5.42. The van der Waals surface area contributed by atoms with Crippen LogP contribution in [0.2, 0.25) is 5.02 Å². The SMILES string of the molecule is Cc1cc(CC2=CC(Cl)CC2)ccc1Cl. The molecule has 2 rings (SSSR count). The summed E-state index contributed by atoms with van der Waals surface area (Å²) < 4.78 is 0. The van der Waals surface area contributed by atoms with Crippen molar-refractivity contribution in [1.82, 2.24) is 0 Å². The van der Waals surface area contributed by atoms with Crippen LogP contribution < -0.4 is 0 Å². The second kappa shape index (κ2) is 4.59. The van der Waals surface area contributed by atoms with Gasteiger partial charge in [-0.05, 0) is 43.4 Å². The first-order valence-corrected chi connectivity index (χ1v) is 6.05. The van der Waals surface area contributed by atoms with Crippen LogP contribution in [0.4, 0.5) is 0 Å². The van der Waals surface area contributed by atoms with Gasteiger partial charge in [-0.1, -0.05) is 35.4 Å². The summed E-state index contributed by atoms with van der Waals surface area (Å²) in [5.74, 6) is 0. The van der Waals surface area contributed by atoms with Crippen LogP contribution in [0.3, 0.4) is 0 Å². The molecular formula is C13H14Cl2. The van der Waals surface area contributed by atoms with Crippen molar-refractivity contribution in [1.29, 1.82) is 0 Å². The lowest BCUT2D eigenvalue weighted by molar-refractivity contribution is 0.891. The Balaban J connectivity index is 2.11. The van der Waals surface area contributed by atoms with Crippen molar-refractivity contribution in [3.8, 4) is 0 Å². The first-order chi connectivity index (χ1) is 7.15.